The average Bonchev–Trinajstić information content (AvgIpc) is 2.71. The van der Waals surface area contributed by atoms with Crippen molar-refractivity contribution in [3.63, 3.8) is 0 Å². The van der Waals surface area contributed by atoms with Gasteiger partial charge in [-0.1, -0.05) is 6.92 Å². The zero-order valence-corrected chi connectivity index (χ0v) is 9.00. The number of hydrogen-bond acceptors (Lipinski definition) is 3. The van der Waals surface area contributed by atoms with Gasteiger partial charge in [-0.3, -0.25) is 4.79 Å². The summed E-state index contributed by atoms with van der Waals surface area (Å²) in [4.78, 5) is 22.2. The smallest absolute Gasteiger partial charge is 0.276 e. The monoisotopic (exact) mass is 216 g/mol. The second-order valence-electron chi connectivity index (χ2n) is 4.25. The Kier molecular flexibility index (Phi) is 1.92. The first-order chi connectivity index (χ1) is 7.75. The van der Waals surface area contributed by atoms with Crippen molar-refractivity contribution in [3.05, 3.63) is 30.5 Å². The van der Waals surface area contributed by atoms with Crippen LogP contribution >= 0.6 is 0 Å². The molecule has 0 saturated carbocycles. The Balaban J connectivity index is 1.99. The zero-order chi connectivity index (χ0) is 11.1. The number of likely N-dealkylation sites (tertiary alicyclic amines) is 1. The molecule has 0 atom stereocenters. The van der Waals surface area contributed by atoms with Crippen LogP contribution in [0.25, 0.3) is 5.65 Å². The van der Waals surface area contributed by atoms with Crippen molar-refractivity contribution in [2.24, 2.45) is 5.92 Å². The summed E-state index contributed by atoms with van der Waals surface area (Å²) >= 11 is 0. The number of amides is 1. The molecule has 1 fully saturated rings. The molecule has 0 N–H and O–H groups in total. The maximum atomic E-state index is 12.1. The topological polar surface area (TPSA) is 50.5 Å². The molecular weight excluding hydrogens is 204 g/mol. The van der Waals surface area contributed by atoms with Gasteiger partial charge in [0.1, 0.15) is 0 Å². The Morgan fingerprint density at radius 3 is 2.69 bits per heavy atom. The van der Waals surface area contributed by atoms with Crippen LogP contribution in [0.4, 0.5) is 0 Å². The largest absolute Gasteiger partial charge is 0.337 e. The Morgan fingerprint density at radius 2 is 2.00 bits per heavy atom. The van der Waals surface area contributed by atoms with Crippen LogP contribution in [-0.2, 0) is 0 Å². The van der Waals surface area contributed by atoms with E-state index in [2.05, 4.69) is 16.9 Å². The van der Waals surface area contributed by atoms with E-state index in [4.69, 9.17) is 0 Å². The quantitative estimate of drug-likeness (QED) is 0.709. The minimum atomic E-state index is -0.0186. The van der Waals surface area contributed by atoms with Crippen molar-refractivity contribution in [3.8, 4) is 0 Å². The minimum Gasteiger partial charge on any atom is -0.337 e. The molecule has 0 aromatic carbocycles. The summed E-state index contributed by atoms with van der Waals surface area (Å²) in [5, 5.41) is 0. The third-order valence-corrected chi connectivity index (χ3v) is 2.87. The van der Waals surface area contributed by atoms with Crippen molar-refractivity contribution >= 4 is 11.6 Å². The Hall–Kier alpha value is -1.91. The summed E-state index contributed by atoms with van der Waals surface area (Å²) in [5.41, 5.74) is 1.08. The fourth-order valence-corrected chi connectivity index (χ4v) is 2.02. The summed E-state index contributed by atoms with van der Waals surface area (Å²) in [6, 6.07) is 0. The van der Waals surface area contributed by atoms with Crippen LogP contribution < -0.4 is 0 Å². The van der Waals surface area contributed by atoms with E-state index < -0.39 is 0 Å². The van der Waals surface area contributed by atoms with E-state index in [9.17, 15) is 4.79 Å². The maximum Gasteiger partial charge on any atom is 0.276 e. The van der Waals surface area contributed by atoms with Gasteiger partial charge in [-0.25, -0.2) is 9.97 Å². The van der Waals surface area contributed by atoms with Gasteiger partial charge in [0, 0.05) is 37.9 Å². The molecule has 0 unspecified atom stereocenters. The van der Waals surface area contributed by atoms with Crippen LogP contribution in [0.3, 0.4) is 0 Å². The van der Waals surface area contributed by atoms with Crippen LogP contribution in [0.5, 0.6) is 0 Å². The Bertz CT molecular complexity index is 542. The van der Waals surface area contributed by atoms with Crippen LogP contribution in [0.1, 0.15) is 17.4 Å². The molecular formula is C11H12N4O. The van der Waals surface area contributed by atoms with Crippen molar-refractivity contribution in [2.75, 3.05) is 13.1 Å². The standard InChI is InChI=1S/C11H12N4O/c1-8-6-15(7-8)11(16)9-10-13-3-5-14(10)4-2-12-9/h2-5,8H,6-7H2,1H3. The molecule has 1 aliphatic rings. The third-order valence-electron chi connectivity index (χ3n) is 2.87. The lowest BCUT2D eigenvalue weighted by Crippen LogP contribution is -2.49. The Morgan fingerprint density at radius 1 is 1.31 bits per heavy atom. The minimum absolute atomic E-state index is 0.0186. The predicted octanol–water partition coefficient (Wildman–Crippen LogP) is 0.821. The highest BCUT2D eigenvalue weighted by molar-refractivity contribution is 5.98. The maximum absolute atomic E-state index is 12.1. The van der Waals surface area contributed by atoms with Gasteiger partial charge in [0.25, 0.3) is 5.91 Å². The van der Waals surface area contributed by atoms with Gasteiger partial charge in [-0.15, -0.1) is 0 Å². The van der Waals surface area contributed by atoms with Crippen molar-refractivity contribution in [2.45, 2.75) is 6.92 Å². The number of hydrogen-bond donors (Lipinski definition) is 0. The summed E-state index contributed by atoms with van der Waals surface area (Å²) < 4.78 is 1.81. The summed E-state index contributed by atoms with van der Waals surface area (Å²) in [6.07, 6.45) is 6.90. The first-order valence-electron chi connectivity index (χ1n) is 5.32. The van der Waals surface area contributed by atoms with E-state index in [1.165, 1.54) is 0 Å². The van der Waals surface area contributed by atoms with Crippen LogP contribution in [0.2, 0.25) is 0 Å². The average molecular weight is 216 g/mol. The summed E-state index contributed by atoms with van der Waals surface area (Å²) in [6.45, 7) is 3.78. The number of carbonyl (C=O) groups is 1. The molecule has 2 aromatic rings. The molecule has 0 bridgehead atoms. The molecule has 3 rings (SSSR count). The Labute approximate surface area is 92.7 Å². The zero-order valence-electron chi connectivity index (χ0n) is 9.00. The number of carbonyl (C=O) groups excluding carboxylic acids is 1. The van der Waals surface area contributed by atoms with Gasteiger partial charge in [0.15, 0.2) is 11.3 Å². The van der Waals surface area contributed by atoms with Crippen LogP contribution in [-0.4, -0.2) is 38.3 Å². The number of aromatic nitrogens is 3. The number of nitrogens with zero attached hydrogens (tertiary/aromatic N) is 4. The number of rotatable bonds is 1. The first kappa shape index (κ1) is 9.33. The van der Waals surface area contributed by atoms with E-state index >= 15 is 0 Å². The van der Waals surface area contributed by atoms with Gasteiger partial charge < -0.3 is 9.30 Å². The highest BCUT2D eigenvalue weighted by Crippen LogP contribution is 2.18. The number of fused-ring (bicyclic) bond motifs is 1. The molecule has 0 aliphatic carbocycles. The third kappa shape index (κ3) is 1.28. The second kappa shape index (κ2) is 3.30. The van der Waals surface area contributed by atoms with Gasteiger partial charge in [-0.2, -0.15) is 0 Å². The highest BCUT2D eigenvalue weighted by atomic mass is 16.2. The summed E-state index contributed by atoms with van der Waals surface area (Å²) in [7, 11) is 0. The lowest BCUT2D eigenvalue weighted by molar-refractivity contribution is 0.0526. The van der Waals surface area contributed by atoms with Crippen molar-refractivity contribution in [1.29, 1.82) is 0 Å². The lowest BCUT2D eigenvalue weighted by Gasteiger charge is -2.36. The van der Waals surface area contributed by atoms with Crippen LogP contribution in [0.15, 0.2) is 24.8 Å². The highest BCUT2D eigenvalue weighted by Gasteiger charge is 2.29. The normalized spacial score (nSPS) is 16.4. The number of imidazole rings is 1. The lowest BCUT2D eigenvalue weighted by atomic mass is 10.0. The van der Waals surface area contributed by atoms with Gasteiger partial charge in [0.05, 0.1) is 0 Å². The molecule has 2 aromatic heterocycles. The van der Waals surface area contributed by atoms with E-state index in [1.54, 1.807) is 18.6 Å². The van der Waals surface area contributed by atoms with Crippen molar-refractivity contribution in [1.82, 2.24) is 19.3 Å². The molecule has 5 heteroatoms. The van der Waals surface area contributed by atoms with Gasteiger partial charge in [-0.05, 0) is 5.92 Å². The molecule has 0 radical (unpaired) electrons. The van der Waals surface area contributed by atoms with Crippen molar-refractivity contribution < 1.29 is 4.79 Å². The molecule has 1 saturated heterocycles. The van der Waals surface area contributed by atoms with E-state index in [1.807, 2.05) is 15.5 Å². The molecule has 16 heavy (non-hydrogen) atoms. The summed E-state index contributed by atoms with van der Waals surface area (Å²) in [5.74, 6) is 0.582. The fourth-order valence-electron chi connectivity index (χ4n) is 2.02. The first-order valence-corrected chi connectivity index (χ1v) is 5.32. The molecule has 1 aliphatic heterocycles. The van der Waals surface area contributed by atoms with Crippen LogP contribution in [0, 0.1) is 5.92 Å². The second-order valence-corrected chi connectivity index (χ2v) is 4.25. The van der Waals surface area contributed by atoms with Gasteiger partial charge in [0.2, 0.25) is 0 Å². The van der Waals surface area contributed by atoms with E-state index in [0.29, 0.717) is 17.3 Å². The van der Waals surface area contributed by atoms with E-state index in [0.717, 1.165) is 13.1 Å². The molecule has 5 nitrogen and oxygen atoms in total. The van der Waals surface area contributed by atoms with Gasteiger partial charge >= 0.3 is 0 Å². The molecule has 1 amide bonds. The van der Waals surface area contributed by atoms with E-state index in [-0.39, 0.29) is 5.91 Å². The predicted molar refractivity (Wildman–Crippen MR) is 58.1 cm³/mol. The molecule has 82 valence electrons. The SMILES string of the molecule is CC1CN(C(=O)c2nccn3ccnc23)C1. The fraction of sp³-hybridized carbons (Fsp3) is 0.364. The molecule has 3 heterocycles. The molecule has 0 spiro atoms.